The largest absolute Gasteiger partial charge is 0.333 e. The van der Waals surface area contributed by atoms with Crippen molar-refractivity contribution in [3.8, 4) is 0 Å². The summed E-state index contributed by atoms with van der Waals surface area (Å²) in [4.78, 5) is 19.9. The second-order valence-electron chi connectivity index (χ2n) is 5.68. The molecule has 1 aliphatic rings. The quantitative estimate of drug-likeness (QED) is 0.875. The molecule has 21 heavy (non-hydrogen) atoms. The molecule has 1 saturated heterocycles. The Morgan fingerprint density at radius 2 is 2.24 bits per heavy atom. The molecule has 112 valence electrons. The highest BCUT2D eigenvalue weighted by Gasteiger charge is 2.31. The van der Waals surface area contributed by atoms with E-state index in [0.29, 0.717) is 0 Å². The molecule has 1 fully saturated rings. The summed E-state index contributed by atoms with van der Waals surface area (Å²) < 4.78 is 1.94. The predicted octanol–water partition coefficient (Wildman–Crippen LogP) is 2.57. The van der Waals surface area contributed by atoms with Gasteiger partial charge in [0.05, 0.1) is 29.5 Å². The molecular weight excluding hydrogens is 284 g/mol. The lowest BCUT2D eigenvalue weighted by Crippen LogP contribution is -2.38. The molecule has 3 heterocycles. The van der Waals surface area contributed by atoms with Crippen LogP contribution in [-0.2, 0) is 6.54 Å². The van der Waals surface area contributed by atoms with Crippen LogP contribution in [0.2, 0.25) is 0 Å². The second kappa shape index (κ2) is 5.60. The molecule has 1 atom stereocenters. The van der Waals surface area contributed by atoms with Gasteiger partial charge in [-0.1, -0.05) is 0 Å². The van der Waals surface area contributed by atoms with Crippen molar-refractivity contribution in [2.75, 3.05) is 6.54 Å². The first-order chi connectivity index (χ1) is 10.0. The summed E-state index contributed by atoms with van der Waals surface area (Å²) in [5.74, 6) is 0.129. The van der Waals surface area contributed by atoms with Crippen molar-refractivity contribution in [1.82, 2.24) is 19.7 Å². The summed E-state index contributed by atoms with van der Waals surface area (Å²) in [5.41, 5.74) is 2.00. The van der Waals surface area contributed by atoms with Gasteiger partial charge in [0.2, 0.25) is 0 Å². The Balaban J connectivity index is 1.77. The van der Waals surface area contributed by atoms with E-state index in [0.717, 1.165) is 47.1 Å². The number of aryl methyl sites for hydroxylation is 3. The minimum absolute atomic E-state index is 0.129. The third kappa shape index (κ3) is 2.85. The lowest BCUT2D eigenvalue weighted by atomic mass is 10.2. The molecule has 0 unspecified atom stereocenters. The molecule has 0 bridgehead atoms. The van der Waals surface area contributed by atoms with Crippen LogP contribution in [0.15, 0.2) is 12.4 Å². The van der Waals surface area contributed by atoms with E-state index in [1.807, 2.05) is 42.7 Å². The average Bonchev–Trinajstić information content (AvgIpc) is 3.11. The molecule has 3 rings (SSSR count). The van der Waals surface area contributed by atoms with Crippen LogP contribution in [0.4, 0.5) is 0 Å². The van der Waals surface area contributed by atoms with Gasteiger partial charge < -0.3 is 4.90 Å². The van der Waals surface area contributed by atoms with Gasteiger partial charge in [-0.25, -0.2) is 4.98 Å². The van der Waals surface area contributed by atoms with Gasteiger partial charge in [0.25, 0.3) is 5.91 Å². The van der Waals surface area contributed by atoms with Crippen LogP contribution >= 0.6 is 11.3 Å². The smallest absolute Gasteiger partial charge is 0.266 e. The van der Waals surface area contributed by atoms with E-state index in [4.69, 9.17) is 0 Å². The number of thiazole rings is 1. The van der Waals surface area contributed by atoms with E-state index in [2.05, 4.69) is 10.1 Å². The number of carbonyl (C=O) groups excluding carboxylic acids is 1. The molecule has 6 heteroatoms. The number of likely N-dealkylation sites (tertiary alicyclic amines) is 1. The summed E-state index contributed by atoms with van der Waals surface area (Å²) in [6, 6.07) is 0.235. The van der Waals surface area contributed by atoms with E-state index in [1.165, 1.54) is 11.3 Å². The average molecular weight is 304 g/mol. The molecule has 0 aliphatic carbocycles. The Labute approximate surface area is 128 Å². The number of hydrogen-bond acceptors (Lipinski definition) is 4. The summed E-state index contributed by atoms with van der Waals surface area (Å²) in [5, 5.41) is 5.29. The Morgan fingerprint density at radius 3 is 2.86 bits per heavy atom. The number of rotatable bonds is 3. The monoisotopic (exact) mass is 304 g/mol. The van der Waals surface area contributed by atoms with Gasteiger partial charge in [0, 0.05) is 12.7 Å². The van der Waals surface area contributed by atoms with E-state index in [1.54, 1.807) is 0 Å². The fourth-order valence-corrected chi connectivity index (χ4v) is 3.81. The number of hydrogen-bond donors (Lipinski definition) is 0. The molecule has 0 radical (unpaired) electrons. The minimum Gasteiger partial charge on any atom is -0.333 e. The molecule has 0 aromatic carbocycles. The topological polar surface area (TPSA) is 51.0 Å². The van der Waals surface area contributed by atoms with E-state index >= 15 is 0 Å². The Bertz CT molecular complexity index is 660. The SMILES string of the molecule is Cc1cnn(C[C@H]2CCCN2C(=O)c2sc(C)nc2C)c1. The van der Waals surface area contributed by atoms with Crippen molar-refractivity contribution in [1.29, 1.82) is 0 Å². The Kier molecular flexibility index (Phi) is 3.80. The van der Waals surface area contributed by atoms with Gasteiger partial charge in [0.15, 0.2) is 0 Å². The zero-order valence-corrected chi connectivity index (χ0v) is 13.5. The lowest BCUT2D eigenvalue weighted by molar-refractivity contribution is 0.0725. The maximum absolute atomic E-state index is 12.8. The van der Waals surface area contributed by atoms with Crippen LogP contribution in [0.3, 0.4) is 0 Å². The Morgan fingerprint density at radius 1 is 1.43 bits per heavy atom. The summed E-state index contributed by atoms with van der Waals surface area (Å²) in [6.07, 6.45) is 6.00. The summed E-state index contributed by atoms with van der Waals surface area (Å²) in [6.45, 7) is 7.50. The first-order valence-electron chi connectivity index (χ1n) is 7.28. The van der Waals surface area contributed by atoms with Crippen LogP contribution in [-0.4, -0.2) is 38.2 Å². The maximum Gasteiger partial charge on any atom is 0.266 e. The van der Waals surface area contributed by atoms with Crippen molar-refractivity contribution in [3.05, 3.63) is 33.5 Å². The molecule has 2 aromatic heterocycles. The first-order valence-corrected chi connectivity index (χ1v) is 8.10. The fraction of sp³-hybridized carbons (Fsp3) is 0.533. The molecule has 0 spiro atoms. The van der Waals surface area contributed by atoms with Gasteiger partial charge in [-0.3, -0.25) is 9.48 Å². The molecule has 2 aromatic rings. The standard InChI is InChI=1S/C15H20N4OS/c1-10-7-16-18(8-10)9-13-5-4-6-19(13)15(20)14-11(2)17-12(3)21-14/h7-8,13H,4-6,9H2,1-3H3/t13-/m1/s1. The predicted molar refractivity (Wildman–Crippen MR) is 82.6 cm³/mol. The number of aromatic nitrogens is 3. The van der Waals surface area contributed by atoms with Crippen LogP contribution in [0.25, 0.3) is 0 Å². The fourth-order valence-electron chi connectivity index (χ4n) is 2.94. The van der Waals surface area contributed by atoms with Gasteiger partial charge in [-0.05, 0) is 39.2 Å². The molecule has 1 amide bonds. The first kappa shape index (κ1) is 14.3. The van der Waals surface area contributed by atoms with E-state index < -0.39 is 0 Å². The zero-order valence-electron chi connectivity index (χ0n) is 12.7. The van der Waals surface area contributed by atoms with Crippen LogP contribution < -0.4 is 0 Å². The molecular formula is C15H20N4OS. The van der Waals surface area contributed by atoms with Crippen molar-refractivity contribution in [3.63, 3.8) is 0 Å². The molecule has 0 saturated carbocycles. The zero-order chi connectivity index (χ0) is 15.0. The van der Waals surface area contributed by atoms with E-state index in [-0.39, 0.29) is 11.9 Å². The van der Waals surface area contributed by atoms with E-state index in [9.17, 15) is 4.79 Å². The molecule has 0 N–H and O–H groups in total. The second-order valence-corrected chi connectivity index (χ2v) is 6.88. The molecule has 5 nitrogen and oxygen atoms in total. The Hall–Kier alpha value is -1.69. The van der Waals surface area contributed by atoms with Gasteiger partial charge in [-0.2, -0.15) is 5.10 Å². The van der Waals surface area contributed by atoms with Crippen LogP contribution in [0.1, 0.15) is 38.8 Å². The number of nitrogens with zero attached hydrogens (tertiary/aromatic N) is 4. The number of carbonyl (C=O) groups is 1. The van der Waals surface area contributed by atoms with Crippen molar-refractivity contribution >= 4 is 17.2 Å². The highest BCUT2D eigenvalue weighted by molar-refractivity contribution is 7.13. The highest BCUT2D eigenvalue weighted by Crippen LogP contribution is 2.25. The van der Waals surface area contributed by atoms with Crippen molar-refractivity contribution in [2.24, 2.45) is 0 Å². The lowest BCUT2D eigenvalue weighted by Gasteiger charge is -2.24. The molecule has 1 aliphatic heterocycles. The van der Waals surface area contributed by atoms with Crippen molar-refractivity contribution < 1.29 is 4.79 Å². The number of amides is 1. The summed E-state index contributed by atoms with van der Waals surface area (Å²) in [7, 11) is 0. The van der Waals surface area contributed by atoms with Crippen LogP contribution in [0.5, 0.6) is 0 Å². The summed E-state index contributed by atoms with van der Waals surface area (Å²) >= 11 is 1.50. The normalized spacial score (nSPS) is 18.4. The minimum atomic E-state index is 0.129. The third-order valence-corrected chi connectivity index (χ3v) is 4.96. The van der Waals surface area contributed by atoms with Gasteiger partial charge in [0.1, 0.15) is 4.88 Å². The third-order valence-electron chi connectivity index (χ3n) is 3.90. The highest BCUT2D eigenvalue weighted by atomic mass is 32.1. The maximum atomic E-state index is 12.8. The van der Waals surface area contributed by atoms with Crippen molar-refractivity contribution in [2.45, 2.75) is 46.2 Å². The van der Waals surface area contributed by atoms with Crippen LogP contribution in [0, 0.1) is 20.8 Å². The van der Waals surface area contributed by atoms with Gasteiger partial charge >= 0.3 is 0 Å². The van der Waals surface area contributed by atoms with Gasteiger partial charge in [-0.15, -0.1) is 11.3 Å².